The molecule has 1 aliphatic rings. The van der Waals surface area contributed by atoms with Crippen LogP contribution in [0.3, 0.4) is 0 Å². The van der Waals surface area contributed by atoms with Crippen LogP contribution in [0.4, 0.5) is 14.5 Å². The van der Waals surface area contributed by atoms with Crippen LogP contribution in [0.25, 0.3) is 10.8 Å². The normalized spacial score (nSPS) is 16.8. The van der Waals surface area contributed by atoms with E-state index in [-0.39, 0.29) is 5.75 Å². The molecular formula is C21H26BF2NO3Pb2. The zero-order chi connectivity index (χ0) is 22.9. The number of ether oxygens (including phenoxy) is 1. The van der Waals surface area contributed by atoms with Crippen LogP contribution in [-0.4, -0.2) is 77.8 Å². The summed E-state index contributed by atoms with van der Waals surface area (Å²) in [5, 5.41) is 0.943. The van der Waals surface area contributed by atoms with E-state index in [0.29, 0.717) is 21.9 Å². The zero-order valence-electron chi connectivity index (χ0n) is 18.4. The topological polar surface area (TPSA) is 40.0 Å². The molecule has 2 aromatic rings. The molecule has 4 nitrogen and oxygen atoms in total. The molecule has 158 valence electrons. The molecule has 0 unspecified atom stereocenters. The van der Waals surface area contributed by atoms with Gasteiger partial charge in [-0.1, -0.05) is 20.3 Å². The summed E-state index contributed by atoms with van der Waals surface area (Å²) in [6.45, 7) is 12.0. The van der Waals surface area contributed by atoms with E-state index in [1.807, 2.05) is 33.8 Å². The summed E-state index contributed by atoms with van der Waals surface area (Å²) in [5.74, 6) is -2.13. The Morgan fingerprint density at radius 3 is 2.07 bits per heavy atom. The third kappa shape index (κ3) is 5.43. The standard InChI is InChI=1S/C18H18BF2NO3.C3H8.2Pb/c1-17(2)18(3,4)25-19(24-17)12-9-11(22-5)7-10-8-13(20)15(21)16(23-6)14(10)12;1-3-2;;/h7-9H,1-4,6H3;3H2,1-2H3;;. The van der Waals surface area contributed by atoms with Gasteiger partial charge in [0.1, 0.15) is 0 Å². The Bertz CT molecular complexity index is 947. The molecular weight excluding hydrogens is 777 g/mol. The number of benzene rings is 2. The average Bonchev–Trinajstić information content (AvgIpc) is 2.83. The fourth-order valence-corrected chi connectivity index (χ4v) is 4.01. The van der Waals surface area contributed by atoms with Crippen LogP contribution in [0.1, 0.15) is 48.0 Å². The van der Waals surface area contributed by atoms with Crippen LogP contribution in [0.2, 0.25) is 0 Å². The van der Waals surface area contributed by atoms with Gasteiger partial charge in [-0.05, 0) is 0 Å². The van der Waals surface area contributed by atoms with Gasteiger partial charge >= 0.3 is 191 Å². The molecule has 0 N–H and O–H groups in total. The number of hydrogen-bond donors (Lipinski definition) is 0. The first-order valence-corrected chi connectivity index (χ1v) is 13.6. The number of methoxy groups -OCH3 is 1. The molecule has 0 aromatic heterocycles. The summed E-state index contributed by atoms with van der Waals surface area (Å²) >= 11 is 1.73. The summed E-state index contributed by atoms with van der Waals surface area (Å²) in [4.78, 5) is 4.59. The molecule has 1 heterocycles. The van der Waals surface area contributed by atoms with E-state index in [0.717, 1.165) is 52.4 Å². The van der Waals surface area contributed by atoms with E-state index in [2.05, 4.69) is 18.8 Å². The minimum absolute atomic E-state index is 0.151. The number of rotatable bonds is 3. The van der Waals surface area contributed by atoms with Crippen LogP contribution < -0.4 is 10.2 Å². The van der Waals surface area contributed by atoms with Crippen LogP contribution in [0.15, 0.2) is 23.2 Å². The van der Waals surface area contributed by atoms with Gasteiger partial charge in [0.15, 0.2) is 0 Å². The second kappa shape index (κ2) is 10.2. The van der Waals surface area contributed by atoms with E-state index in [1.54, 1.807) is 6.07 Å². The SMILES string of the molecule is CCC.COc1c(F)c(F)cc2cc(N=[C]([Pb])[Pb])cc(B3OC(C)(C)C(C)(C)O3)c12. The molecule has 30 heavy (non-hydrogen) atoms. The van der Waals surface area contributed by atoms with Gasteiger partial charge in [0.2, 0.25) is 0 Å². The maximum absolute atomic E-state index is 14.4. The van der Waals surface area contributed by atoms with Crippen molar-refractivity contribution in [3.05, 3.63) is 29.8 Å². The quantitative estimate of drug-likeness (QED) is 0.346. The Morgan fingerprint density at radius 1 is 1.07 bits per heavy atom. The van der Waals surface area contributed by atoms with Gasteiger partial charge in [-0.15, -0.1) is 0 Å². The molecule has 0 bridgehead atoms. The fourth-order valence-electron chi connectivity index (χ4n) is 3.01. The van der Waals surface area contributed by atoms with Crippen molar-refractivity contribution < 1.29 is 22.8 Å². The zero-order valence-corrected chi connectivity index (χ0v) is 26.2. The van der Waals surface area contributed by atoms with E-state index in [1.165, 1.54) is 19.6 Å². The van der Waals surface area contributed by atoms with Crippen LogP contribution >= 0.6 is 0 Å². The summed E-state index contributed by atoms with van der Waals surface area (Å²) in [5.41, 5.74) is 0.149. The number of halogens is 2. The monoisotopic (exact) mass is 805 g/mol. The molecule has 6 radical (unpaired) electrons. The Hall–Kier alpha value is -0.141. The minimum atomic E-state index is -1.02. The second-order valence-corrected chi connectivity index (χ2v) is 19.3. The van der Waals surface area contributed by atoms with Gasteiger partial charge in [-0.3, -0.25) is 0 Å². The Labute approximate surface area is 209 Å². The molecule has 0 spiro atoms. The number of nitrogens with zero attached hydrogens (tertiary/aromatic N) is 1. The van der Waals surface area contributed by atoms with E-state index in [4.69, 9.17) is 14.0 Å². The molecule has 0 saturated carbocycles. The van der Waals surface area contributed by atoms with Crippen molar-refractivity contribution in [1.29, 1.82) is 0 Å². The molecule has 0 amide bonds. The van der Waals surface area contributed by atoms with Gasteiger partial charge in [0, 0.05) is 0 Å². The summed E-state index contributed by atoms with van der Waals surface area (Å²) in [7, 11) is 0.586. The van der Waals surface area contributed by atoms with Crippen molar-refractivity contribution in [2.45, 2.75) is 59.2 Å². The maximum atomic E-state index is 14.4. The molecule has 3 rings (SSSR count). The number of aliphatic imine (C=N–C) groups is 1. The third-order valence-electron chi connectivity index (χ3n) is 5.05. The molecule has 9 heteroatoms. The molecule has 0 aliphatic carbocycles. The van der Waals surface area contributed by atoms with Gasteiger partial charge in [-0.25, -0.2) is 0 Å². The van der Waals surface area contributed by atoms with Gasteiger partial charge in [0.05, 0.1) is 0 Å². The molecule has 2 aromatic carbocycles. The van der Waals surface area contributed by atoms with E-state index < -0.39 is 30.0 Å². The molecule has 1 saturated heterocycles. The van der Waals surface area contributed by atoms with Crippen LogP contribution in [0.5, 0.6) is 5.75 Å². The van der Waals surface area contributed by atoms with Crippen LogP contribution in [-0.2, 0) is 9.31 Å². The number of fused-ring (bicyclic) bond motifs is 1. The van der Waals surface area contributed by atoms with Gasteiger partial charge in [-0.2, -0.15) is 0 Å². The first-order chi connectivity index (χ1) is 13.9. The van der Waals surface area contributed by atoms with Crippen molar-refractivity contribution in [2.24, 2.45) is 4.99 Å². The second-order valence-electron chi connectivity index (χ2n) is 8.09. The van der Waals surface area contributed by atoms with Crippen LogP contribution in [0, 0.1) is 11.6 Å². The van der Waals surface area contributed by atoms with Crippen molar-refractivity contribution in [2.75, 3.05) is 7.11 Å². The van der Waals surface area contributed by atoms with Crippen molar-refractivity contribution in [3.63, 3.8) is 0 Å². The number of hydrogen-bond acceptors (Lipinski definition) is 4. The Morgan fingerprint density at radius 2 is 1.60 bits per heavy atom. The van der Waals surface area contributed by atoms with E-state index in [9.17, 15) is 8.78 Å². The van der Waals surface area contributed by atoms with Crippen molar-refractivity contribution >= 4 is 81.4 Å². The predicted octanol–water partition coefficient (Wildman–Crippen LogP) is 4.17. The van der Waals surface area contributed by atoms with Gasteiger partial charge < -0.3 is 0 Å². The summed E-state index contributed by atoms with van der Waals surface area (Å²) < 4.78 is 47.2. The van der Waals surface area contributed by atoms with E-state index >= 15 is 0 Å². The summed E-state index contributed by atoms with van der Waals surface area (Å²) in [6.07, 6.45) is 1.25. The summed E-state index contributed by atoms with van der Waals surface area (Å²) in [6, 6.07) is 4.73. The molecule has 0 atom stereocenters. The Balaban J connectivity index is 0.00000101. The average molecular weight is 804 g/mol. The fraction of sp³-hybridized carbons (Fsp3) is 0.476. The molecule has 1 aliphatic heterocycles. The first-order valence-electron chi connectivity index (χ1n) is 9.75. The predicted molar refractivity (Wildman–Crippen MR) is 121 cm³/mol. The van der Waals surface area contributed by atoms with Crippen molar-refractivity contribution in [1.82, 2.24) is 0 Å². The van der Waals surface area contributed by atoms with Crippen molar-refractivity contribution in [3.8, 4) is 5.75 Å². The first kappa shape index (κ1) is 26.1. The third-order valence-corrected chi connectivity index (χ3v) is 5.92. The molecule has 1 fully saturated rings. The Kier molecular flexibility index (Phi) is 8.88. The van der Waals surface area contributed by atoms with Gasteiger partial charge in [0.25, 0.3) is 0 Å².